The molecular formula is C12H16Cl2N2OS. The number of halogens is 2. The third-order valence-corrected chi connectivity index (χ3v) is 3.76. The number of rotatable bonds is 5. The predicted molar refractivity (Wildman–Crippen MR) is 78.8 cm³/mol. The Balaban J connectivity index is 2.79. The number of carbonyl (C=O) groups is 1. The molecule has 1 unspecified atom stereocenters. The Morgan fingerprint density at radius 1 is 1.44 bits per heavy atom. The summed E-state index contributed by atoms with van der Waals surface area (Å²) in [6, 6.07) is 3.25. The summed E-state index contributed by atoms with van der Waals surface area (Å²) in [4.78, 5) is 17.8. The standard InChI is InChI=1S/C12H16Cl2N2OS/c1-8(4-5-18-3)16(2)12(17)9-6-10(13)15-11(14)7-9/h6-8H,4-5H2,1-3H3. The van der Waals surface area contributed by atoms with Crippen LogP contribution >= 0.6 is 35.0 Å². The lowest BCUT2D eigenvalue weighted by Gasteiger charge is -2.25. The van der Waals surface area contributed by atoms with Gasteiger partial charge in [-0.05, 0) is 37.5 Å². The second-order valence-electron chi connectivity index (χ2n) is 4.05. The molecular weight excluding hydrogens is 291 g/mol. The minimum Gasteiger partial charge on any atom is -0.339 e. The molecule has 0 aliphatic rings. The maximum absolute atomic E-state index is 12.2. The van der Waals surface area contributed by atoms with Crippen molar-refractivity contribution in [1.29, 1.82) is 0 Å². The molecule has 0 spiro atoms. The van der Waals surface area contributed by atoms with E-state index in [4.69, 9.17) is 23.2 Å². The van der Waals surface area contributed by atoms with Gasteiger partial charge in [-0.1, -0.05) is 23.2 Å². The van der Waals surface area contributed by atoms with E-state index in [0.717, 1.165) is 12.2 Å². The topological polar surface area (TPSA) is 33.2 Å². The first kappa shape index (κ1) is 15.6. The minimum absolute atomic E-state index is 0.0881. The average Bonchev–Trinajstić information content (AvgIpc) is 2.32. The highest BCUT2D eigenvalue weighted by molar-refractivity contribution is 7.98. The number of pyridine rings is 1. The van der Waals surface area contributed by atoms with Gasteiger partial charge in [-0.25, -0.2) is 4.98 Å². The number of carbonyl (C=O) groups excluding carboxylic acids is 1. The van der Waals surface area contributed by atoms with Crippen molar-refractivity contribution < 1.29 is 4.79 Å². The Bertz CT molecular complexity index is 408. The van der Waals surface area contributed by atoms with E-state index in [1.807, 2.05) is 6.92 Å². The SMILES string of the molecule is CSCCC(C)N(C)C(=O)c1cc(Cl)nc(Cl)c1. The molecule has 0 bridgehead atoms. The van der Waals surface area contributed by atoms with Crippen LogP contribution < -0.4 is 0 Å². The summed E-state index contributed by atoms with van der Waals surface area (Å²) in [5.74, 6) is 0.936. The van der Waals surface area contributed by atoms with Gasteiger partial charge in [0.15, 0.2) is 0 Å². The normalized spacial score (nSPS) is 12.3. The molecule has 100 valence electrons. The Morgan fingerprint density at radius 3 is 2.50 bits per heavy atom. The number of nitrogens with zero attached hydrogens (tertiary/aromatic N) is 2. The van der Waals surface area contributed by atoms with E-state index in [1.54, 1.807) is 23.7 Å². The van der Waals surface area contributed by atoms with Crippen LogP contribution in [0.3, 0.4) is 0 Å². The van der Waals surface area contributed by atoms with E-state index in [1.165, 1.54) is 12.1 Å². The van der Waals surface area contributed by atoms with E-state index in [2.05, 4.69) is 11.2 Å². The molecule has 1 atom stereocenters. The van der Waals surface area contributed by atoms with E-state index >= 15 is 0 Å². The molecule has 1 rings (SSSR count). The predicted octanol–water partition coefficient (Wildman–Crippen LogP) is 3.60. The number of thioether (sulfide) groups is 1. The molecule has 0 radical (unpaired) electrons. The molecule has 0 saturated carbocycles. The van der Waals surface area contributed by atoms with E-state index in [-0.39, 0.29) is 22.3 Å². The van der Waals surface area contributed by atoms with Crippen molar-refractivity contribution in [2.45, 2.75) is 19.4 Å². The van der Waals surface area contributed by atoms with Gasteiger partial charge in [0.25, 0.3) is 5.91 Å². The molecule has 1 amide bonds. The van der Waals surface area contributed by atoms with Crippen LogP contribution in [-0.2, 0) is 0 Å². The third kappa shape index (κ3) is 4.34. The first-order valence-electron chi connectivity index (χ1n) is 5.55. The third-order valence-electron chi connectivity index (χ3n) is 2.73. The van der Waals surface area contributed by atoms with Crippen molar-refractivity contribution in [3.63, 3.8) is 0 Å². The first-order chi connectivity index (χ1) is 8.45. The maximum Gasteiger partial charge on any atom is 0.254 e. The van der Waals surface area contributed by atoms with Crippen LogP contribution in [0.1, 0.15) is 23.7 Å². The lowest BCUT2D eigenvalue weighted by atomic mass is 10.2. The number of hydrogen-bond acceptors (Lipinski definition) is 3. The van der Waals surface area contributed by atoms with Gasteiger partial charge < -0.3 is 4.90 Å². The van der Waals surface area contributed by atoms with Crippen LogP contribution in [0.5, 0.6) is 0 Å². The molecule has 0 N–H and O–H groups in total. The zero-order valence-corrected chi connectivity index (χ0v) is 12.9. The minimum atomic E-state index is -0.0881. The highest BCUT2D eigenvalue weighted by Gasteiger charge is 2.18. The van der Waals surface area contributed by atoms with Gasteiger partial charge >= 0.3 is 0 Å². The fourth-order valence-electron chi connectivity index (χ4n) is 1.47. The second kappa shape index (κ2) is 7.22. The van der Waals surface area contributed by atoms with Crippen molar-refractivity contribution in [3.05, 3.63) is 28.0 Å². The van der Waals surface area contributed by atoms with E-state index in [0.29, 0.717) is 5.56 Å². The monoisotopic (exact) mass is 306 g/mol. The molecule has 0 saturated heterocycles. The van der Waals surface area contributed by atoms with E-state index < -0.39 is 0 Å². The number of hydrogen-bond donors (Lipinski definition) is 0. The Morgan fingerprint density at radius 2 is 2.00 bits per heavy atom. The molecule has 18 heavy (non-hydrogen) atoms. The zero-order chi connectivity index (χ0) is 13.7. The lowest BCUT2D eigenvalue weighted by molar-refractivity contribution is 0.0741. The molecule has 3 nitrogen and oxygen atoms in total. The van der Waals surface area contributed by atoms with Gasteiger partial charge in [-0.2, -0.15) is 11.8 Å². The van der Waals surface area contributed by atoms with Crippen LogP contribution in [0.2, 0.25) is 10.3 Å². The highest BCUT2D eigenvalue weighted by atomic mass is 35.5. The maximum atomic E-state index is 12.2. The molecule has 1 heterocycles. The van der Waals surface area contributed by atoms with Crippen molar-refractivity contribution >= 4 is 40.9 Å². The Kier molecular flexibility index (Phi) is 6.26. The number of amides is 1. The molecule has 0 fully saturated rings. The fraction of sp³-hybridized carbons (Fsp3) is 0.500. The van der Waals surface area contributed by atoms with Crippen LogP contribution in [0.4, 0.5) is 0 Å². The van der Waals surface area contributed by atoms with Crippen molar-refractivity contribution in [3.8, 4) is 0 Å². The molecule has 0 aliphatic heterocycles. The average molecular weight is 307 g/mol. The molecule has 1 aromatic rings. The molecule has 0 aliphatic carbocycles. The van der Waals surface area contributed by atoms with Crippen molar-refractivity contribution in [2.75, 3.05) is 19.1 Å². The highest BCUT2D eigenvalue weighted by Crippen LogP contribution is 2.17. The molecule has 0 aromatic carbocycles. The van der Waals surface area contributed by atoms with Crippen molar-refractivity contribution in [2.24, 2.45) is 0 Å². The summed E-state index contributed by atoms with van der Waals surface area (Å²) in [6.45, 7) is 2.03. The summed E-state index contributed by atoms with van der Waals surface area (Å²) in [5.41, 5.74) is 0.471. The summed E-state index contributed by atoms with van der Waals surface area (Å²) in [5, 5.41) is 0.465. The zero-order valence-electron chi connectivity index (χ0n) is 10.6. The lowest BCUT2D eigenvalue weighted by Crippen LogP contribution is -2.35. The first-order valence-corrected chi connectivity index (χ1v) is 7.70. The van der Waals surface area contributed by atoms with Crippen LogP contribution in [-0.4, -0.2) is 40.9 Å². The van der Waals surface area contributed by atoms with Gasteiger partial charge in [-0.15, -0.1) is 0 Å². The van der Waals surface area contributed by atoms with Gasteiger partial charge in [-0.3, -0.25) is 4.79 Å². The summed E-state index contributed by atoms with van der Waals surface area (Å²) in [7, 11) is 1.79. The smallest absolute Gasteiger partial charge is 0.254 e. The van der Waals surface area contributed by atoms with Gasteiger partial charge in [0, 0.05) is 18.7 Å². The van der Waals surface area contributed by atoms with Crippen LogP contribution in [0.25, 0.3) is 0 Å². The second-order valence-corrected chi connectivity index (χ2v) is 5.81. The van der Waals surface area contributed by atoms with Crippen molar-refractivity contribution in [1.82, 2.24) is 9.88 Å². The molecule has 1 aromatic heterocycles. The largest absolute Gasteiger partial charge is 0.339 e. The summed E-state index contributed by atoms with van der Waals surface area (Å²) < 4.78 is 0. The summed E-state index contributed by atoms with van der Waals surface area (Å²) in [6.07, 6.45) is 3.01. The molecule has 6 heteroatoms. The van der Waals surface area contributed by atoms with Gasteiger partial charge in [0.05, 0.1) is 0 Å². The van der Waals surface area contributed by atoms with Gasteiger partial charge in [0.2, 0.25) is 0 Å². The van der Waals surface area contributed by atoms with Gasteiger partial charge in [0.1, 0.15) is 10.3 Å². The fourth-order valence-corrected chi connectivity index (χ4v) is 2.51. The van der Waals surface area contributed by atoms with Crippen LogP contribution in [0.15, 0.2) is 12.1 Å². The Hall–Kier alpha value is -0.450. The van der Waals surface area contributed by atoms with E-state index in [9.17, 15) is 4.79 Å². The summed E-state index contributed by atoms with van der Waals surface area (Å²) >= 11 is 13.4. The van der Waals surface area contributed by atoms with Crippen LogP contribution in [0, 0.1) is 0 Å². The quantitative estimate of drug-likeness (QED) is 0.779. The number of aromatic nitrogens is 1. The Labute approximate surface area is 122 Å².